The molecule has 1 fully saturated rings. The van der Waals surface area contributed by atoms with Crippen LogP contribution >= 0.6 is 11.3 Å². The summed E-state index contributed by atoms with van der Waals surface area (Å²) in [5.41, 5.74) is 3.11. The molecular formula is C27H31N3O3S. The van der Waals surface area contributed by atoms with Gasteiger partial charge in [0, 0.05) is 49.7 Å². The molecule has 0 aliphatic carbocycles. The van der Waals surface area contributed by atoms with E-state index in [1.807, 2.05) is 59.7 Å². The molecule has 178 valence electrons. The maximum absolute atomic E-state index is 12.8. The van der Waals surface area contributed by atoms with Crippen molar-refractivity contribution < 1.29 is 14.3 Å². The molecule has 1 aromatic heterocycles. The summed E-state index contributed by atoms with van der Waals surface area (Å²) in [6.45, 7) is 6.66. The van der Waals surface area contributed by atoms with Gasteiger partial charge in [0.1, 0.15) is 18.1 Å². The number of nitrogens with zero attached hydrogens (tertiary/aromatic N) is 3. The fraction of sp³-hybridized carbons (Fsp3) is 0.333. The number of benzene rings is 2. The number of ether oxygens (including phenoxy) is 2. The van der Waals surface area contributed by atoms with Crippen LogP contribution in [0.15, 0.2) is 60.0 Å². The van der Waals surface area contributed by atoms with E-state index in [9.17, 15) is 4.79 Å². The Morgan fingerprint density at radius 3 is 2.56 bits per heavy atom. The van der Waals surface area contributed by atoms with Crippen molar-refractivity contribution >= 4 is 23.3 Å². The lowest BCUT2D eigenvalue weighted by molar-refractivity contribution is -0.127. The Bertz CT molecular complexity index is 1100. The molecule has 1 aliphatic heterocycles. The highest BCUT2D eigenvalue weighted by molar-refractivity contribution is 7.09. The van der Waals surface area contributed by atoms with Crippen molar-refractivity contribution in [2.75, 3.05) is 39.8 Å². The summed E-state index contributed by atoms with van der Waals surface area (Å²) < 4.78 is 11.2. The van der Waals surface area contributed by atoms with Crippen LogP contribution in [0.5, 0.6) is 11.5 Å². The fourth-order valence-corrected chi connectivity index (χ4v) is 4.51. The Balaban J connectivity index is 1.24. The van der Waals surface area contributed by atoms with Gasteiger partial charge < -0.3 is 14.4 Å². The van der Waals surface area contributed by atoms with Gasteiger partial charge in [-0.3, -0.25) is 9.69 Å². The molecule has 1 amide bonds. The molecular weight excluding hydrogens is 446 g/mol. The predicted octanol–water partition coefficient (Wildman–Crippen LogP) is 4.44. The lowest BCUT2D eigenvalue weighted by atomic mass is 10.1. The Kier molecular flexibility index (Phi) is 8.33. The largest absolute Gasteiger partial charge is 0.497 e. The first kappa shape index (κ1) is 24.0. The number of hydrogen-bond donors (Lipinski definition) is 0. The molecule has 0 radical (unpaired) electrons. The molecule has 0 spiro atoms. The summed E-state index contributed by atoms with van der Waals surface area (Å²) in [5, 5.41) is 3.03. The topological polar surface area (TPSA) is 54.9 Å². The van der Waals surface area contributed by atoms with Crippen molar-refractivity contribution in [3.05, 3.63) is 81.8 Å². The Labute approximate surface area is 205 Å². The molecule has 3 aromatic rings. The first-order chi connectivity index (χ1) is 16.6. The van der Waals surface area contributed by atoms with E-state index >= 15 is 0 Å². The quantitative estimate of drug-likeness (QED) is 0.427. The molecule has 0 saturated carbocycles. The highest BCUT2D eigenvalue weighted by atomic mass is 32.1. The molecule has 0 unspecified atom stereocenters. The Hall–Kier alpha value is -3.16. The molecule has 1 aliphatic rings. The normalized spacial score (nSPS) is 14.5. The SMILES string of the molecule is COc1ccc(CCN2CCN(C(=O)/C=C/c3ccccc3OCc3csc(C)n3)CC2)cc1. The molecule has 0 N–H and O–H groups in total. The number of carbonyl (C=O) groups is 1. The average molecular weight is 478 g/mol. The highest BCUT2D eigenvalue weighted by Gasteiger charge is 2.19. The van der Waals surface area contributed by atoms with Gasteiger partial charge in [-0.05, 0) is 43.2 Å². The van der Waals surface area contributed by atoms with Gasteiger partial charge in [-0.1, -0.05) is 30.3 Å². The first-order valence-electron chi connectivity index (χ1n) is 11.6. The molecule has 0 atom stereocenters. The molecule has 7 heteroatoms. The van der Waals surface area contributed by atoms with E-state index < -0.39 is 0 Å². The molecule has 2 heterocycles. The summed E-state index contributed by atoms with van der Waals surface area (Å²) in [7, 11) is 1.68. The van der Waals surface area contributed by atoms with Gasteiger partial charge in [-0.25, -0.2) is 4.98 Å². The zero-order chi connectivity index (χ0) is 23.8. The molecule has 4 rings (SSSR count). The second-order valence-electron chi connectivity index (χ2n) is 8.28. The maximum Gasteiger partial charge on any atom is 0.246 e. The number of methoxy groups -OCH3 is 1. The van der Waals surface area contributed by atoms with Gasteiger partial charge in [0.05, 0.1) is 17.8 Å². The number of carbonyl (C=O) groups excluding carboxylic acids is 1. The number of para-hydroxylation sites is 1. The van der Waals surface area contributed by atoms with Crippen LogP contribution in [0.4, 0.5) is 0 Å². The summed E-state index contributed by atoms with van der Waals surface area (Å²) in [6, 6.07) is 16.0. The van der Waals surface area contributed by atoms with Crippen LogP contribution in [0.25, 0.3) is 6.08 Å². The summed E-state index contributed by atoms with van der Waals surface area (Å²) in [4.78, 5) is 21.5. The summed E-state index contributed by atoms with van der Waals surface area (Å²) in [5.74, 6) is 1.67. The number of aryl methyl sites for hydroxylation is 1. The fourth-order valence-electron chi connectivity index (χ4n) is 3.91. The molecule has 6 nitrogen and oxygen atoms in total. The van der Waals surface area contributed by atoms with Crippen molar-refractivity contribution in [1.82, 2.24) is 14.8 Å². The third kappa shape index (κ3) is 6.68. The number of hydrogen-bond acceptors (Lipinski definition) is 6. The molecule has 34 heavy (non-hydrogen) atoms. The lowest BCUT2D eigenvalue weighted by Crippen LogP contribution is -2.48. The lowest BCUT2D eigenvalue weighted by Gasteiger charge is -2.34. The van der Waals surface area contributed by atoms with E-state index in [4.69, 9.17) is 9.47 Å². The first-order valence-corrected chi connectivity index (χ1v) is 12.4. The smallest absolute Gasteiger partial charge is 0.246 e. The Morgan fingerprint density at radius 1 is 1.09 bits per heavy atom. The summed E-state index contributed by atoms with van der Waals surface area (Å²) >= 11 is 1.61. The summed E-state index contributed by atoms with van der Waals surface area (Å²) in [6.07, 6.45) is 4.50. The standard InChI is InChI=1S/C27H31N3O3S/c1-21-28-24(20-34-21)19-33-26-6-4-3-5-23(26)9-12-27(31)30-17-15-29(16-18-30)14-13-22-7-10-25(32-2)11-8-22/h3-12,20H,13-19H2,1-2H3/b12-9+. The van der Waals surface area contributed by atoms with Crippen molar-refractivity contribution in [1.29, 1.82) is 0 Å². The number of rotatable bonds is 9. The minimum absolute atomic E-state index is 0.0414. The van der Waals surface area contributed by atoms with Gasteiger partial charge in [-0.2, -0.15) is 0 Å². The van der Waals surface area contributed by atoms with E-state index in [2.05, 4.69) is 22.0 Å². The third-order valence-corrected chi connectivity index (χ3v) is 6.75. The van der Waals surface area contributed by atoms with Gasteiger partial charge in [0.25, 0.3) is 0 Å². The second kappa shape index (κ2) is 11.8. The van der Waals surface area contributed by atoms with E-state index in [0.29, 0.717) is 6.61 Å². The van der Waals surface area contributed by atoms with Gasteiger partial charge in [0.15, 0.2) is 0 Å². The Morgan fingerprint density at radius 2 is 1.85 bits per heavy atom. The maximum atomic E-state index is 12.8. The second-order valence-corrected chi connectivity index (χ2v) is 9.34. The van der Waals surface area contributed by atoms with E-state index in [1.54, 1.807) is 24.5 Å². The van der Waals surface area contributed by atoms with Crippen LogP contribution in [0.2, 0.25) is 0 Å². The number of thiazole rings is 1. The van der Waals surface area contributed by atoms with Crippen LogP contribution in [-0.4, -0.2) is 60.5 Å². The van der Waals surface area contributed by atoms with E-state index in [-0.39, 0.29) is 5.91 Å². The minimum Gasteiger partial charge on any atom is -0.497 e. The molecule has 0 bridgehead atoms. The van der Waals surface area contributed by atoms with E-state index in [0.717, 1.165) is 66.9 Å². The minimum atomic E-state index is 0.0414. The van der Waals surface area contributed by atoms with Crippen LogP contribution in [0.3, 0.4) is 0 Å². The number of amides is 1. The number of aromatic nitrogens is 1. The molecule has 2 aromatic carbocycles. The number of piperazine rings is 1. The van der Waals surface area contributed by atoms with Crippen LogP contribution in [0, 0.1) is 6.92 Å². The average Bonchev–Trinajstić information content (AvgIpc) is 3.30. The van der Waals surface area contributed by atoms with Crippen molar-refractivity contribution in [3.8, 4) is 11.5 Å². The van der Waals surface area contributed by atoms with Gasteiger partial charge >= 0.3 is 0 Å². The predicted molar refractivity (Wildman–Crippen MR) is 136 cm³/mol. The van der Waals surface area contributed by atoms with E-state index in [1.165, 1.54) is 5.56 Å². The zero-order valence-electron chi connectivity index (χ0n) is 19.8. The van der Waals surface area contributed by atoms with Crippen molar-refractivity contribution in [3.63, 3.8) is 0 Å². The van der Waals surface area contributed by atoms with Gasteiger partial charge in [0.2, 0.25) is 5.91 Å². The van der Waals surface area contributed by atoms with Crippen LogP contribution in [0.1, 0.15) is 21.8 Å². The zero-order valence-corrected chi connectivity index (χ0v) is 20.6. The van der Waals surface area contributed by atoms with Crippen molar-refractivity contribution in [2.24, 2.45) is 0 Å². The van der Waals surface area contributed by atoms with Crippen LogP contribution < -0.4 is 9.47 Å². The molecule has 1 saturated heterocycles. The van der Waals surface area contributed by atoms with Crippen molar-refractivity contribution in [2.45, 2.75) is 20.0 Å². The van der Waals surface area contributed by atoms with Crippen LogP contribution in [-0.2, 0) is 17.8 Å². The third-order valence-electron chi connectivity index (χ3n) is 5.93. The highest BCUT2D eigenvalue weighted by Crippen LogP contribution is 2.21. The monoisotopic (exact) mass is 477 g/mol. The van der Waals surface area contributed by atoms with Gasteiger partial charge in [-0.15, -0.1) is 11.3 Å².